The largest absolute Gasteiger partial charge is 0.451 e. The summed E-state index contributed by atoms with van der Waals surface area (Å²) < 4.78 is 11.7. The molecule has 1 heterocycles. The molecule has 0 fully saturated rings. The lowest BCUT2D eigenvalue weighted by molar-refractivity contribution is 0.144. The molecule has 0 saturated carbocycles. The van der Waals surface area contributed by atoms with Crippen molar-refractivity contribution in [2.24, 2.45) is 0 Å². The molecule has 1 aromatic heterocycles. The summed E-state index contributed by atoms with van der Waals surface area (Å²) in [6.07, 6.45) is 3.23. The number of ether oxygens (including phenoxy) is 1. The molecule has 5 heteroatoms. The molecule has 27 heavy (non-hydrogen) atoms. The van der Waals surface area contributed by atoms with Gasteiger partial charge in [-0.2, -0.15) is 0 Å². The molecule has 4 rings (SSSR count). The van der Waals surface area contributed by atoms with E-state index in [2.05, 4.69) is 52.2 Å². The van der Waals surface area contributed by atoms with Gasteiger partial charge in [0.1, 0.15) is 12.4 Å². The fourth-order valence-electron chi connectivity index (χ4n) is 3.38. The Balaban J connectivity index is 1.34. The van der Waals surface area contributed by atoms with Crippen molar-refractivity contribution in [1.82, 2.24) is 5.32 Å². The Labute approximate surface area is 171 Å². The topological polar surface area (TPSA) is 51.5 Å². The summed E-state index contributed by atoms with van der Waals surface area (Å²) in [7, 11) is 0. The van der Waals surface area contributed by atoms with Crippen molar-refractivity contribution in [2.75, 3.05) is 13.2 Å². The van der Waals surface area contributed by atoms with Gasteiger partial charge in [-0.1, -0.05) is 54.6 Å². The van der Waals surface area contributed by atoms with Crippen molar-refractivity contribution in [3.63, 3.8) is 0 Å². The number of alkyl carbamates (subject to hydrolysis) is 1. The second-order valence-electron chi connectivity index (χ2n) is 6.25. The molecular formula is C22H18INO3. The molecule has 3 aromatic rings. The van der Waals surface area contributed by atoms with Gasteiger partial charge in [-0.25, -0.2) is 4.79 Å². The van der Waals surface area contributed by atoms with Gasteiger partial charge in [0.15, 0.2) is 3.77 Å². The normalized spacial score (nSPS) is 12.8. The molecule has 0 aliphatic heterocycles. The van der Waals surface area contributed by atoms with Gasteiger partial charge in [0, 0.05) is 12.5 Å². The van der Waals surface area contributed by atoms with Crippen LogP contribution < -0.4 is 5.32 Å². The molecule has 0 saturated heterocycles. The van der Waals surface area contributed by atoms with Gasteiger partial charge < -0.3 is 14.5 Å². The number of furan rings is 1. The molecule has 4 nitrogen and oxygen atoms in total. The highest BCUT2D eigenvalue weighted by Crippen LogP contribution is 2.44. The van der Waals surface area contributed by atoms with Crippen LogP contribution in [-0.2, 0) is 4.74 Å². The molecule has 136 valence electrons. The minimum atomic E-state index is -0.421. The first-order valence-corrected chi connectivity index (χ1v) is 9.81. The molecule has 0 atom stereocenters. The molecule has 1 aliphatic rings. The first-order valence-electron chi connectivity index (χ1n) is 8.73. The zero-order valence-corrected chi connectivity index (χ0v) is 16.7. The average molecular weight is 471 g/mol. The number of halogens is 1. The van der Waals surface area contributed by atoms with Crippen molar-refractivity contribution in [1.29, 1.82) is 0 Å². The van der Waals surface area contributed by atoms with Crippen LogP contribution in [0.5, 0.6) is 0 Å². The molecule has 0 spiro atoms. The molecule has 0 radical (unpaired) electrons. The summed E-state index contributed by atoms with van der Waals surface area (Å²) in [6, 6.07) is 20.4. The van der Waals surface area contributed by atoms with Crippen molar-refractivity contribution in [3.8, 4) is 11.1 Å². The van der Waals surface area contributed by atoms with Crippen LogP contribution in [-0.4, -0.2) is 19.2 Å². The quantitative estimate of drug-likeness (QED) is 0.505. The van der Waals surface area contributed by atoms with E-state index in [9.17, 15) is 4.79 Å². The fraction of sp³-hybridized carbons (Fsp3) is 0.136. The number of fused-ring (bicyclic) bond motifs is 3. The Morgan fingerprint density at radius 2 is 1.70 bits per heavy atom. The third-order valence-electron chi connectivity index (χ3n) is 4.58. The van der Waals surface area contributed by atoms with Crippen LogP contribution >= 0.6 is 22.6 Å². The van der Waals surface area contributed by atoms with E-state index in [4.69, 9.17) is 9.15 Å². The summed E-state index contributed by atoms with van der Waals surface area (Å²) in [4.78, 5) is 12.0. The highest BCUT2D eigenvalue weighted by molar-refractivity contribution is 14.1. The third kappa shape index (κ3) is 3.93. The summed E-state index contributed by atoms with van der Waals surface area (Å²) in [5.41, 5.74) is 4.86. The van der Waals surface area contributed by atoms with Crippen LogP contribution in [0.1, 0.15) is 22.8 Å². The maximum absolute atomic E-state index is 12.0. The summed E-state index contributed by atoms with van der Waals surface area (Å²) >= 11 is 2.11. The van der Waals surface area contributed by atoms with Crippen molar-refractivity contribution >= 4 is 34.8 Å². The first-order chi connectivity index (χ1) is 13.2. The van der Waals surface area contributed by atoms with Gasteiger partial charge in [0.2, 0.25) is 0 Å². The molecule has 2 aromatic carbocycles. The van der Waals surface area contributed by atoms with Crippen molar-refractivity contribution < 1.29 is 13.9 Å². The van der Waals surface area contributed by atoms with Gasteiger partial charge in [0.25, 0.3) is 0 Å². The van der Waals surface area contributed by atoms with Crippen LogP contribution in [0.25, 0.3) is 17.2 Å². The van der Waals surface area contributed by atoms with Crippen LogP contribution in [0.15, 0.2) is 71.2 Å². The summed E-state index contributed by atoms with van der Waals surface area (Å²) in [6.45, 7) is 0.702. The number of benzene rings is 2. The Kier molecular flexibility index (Phi) is 5.29. The number of hydrogen-bond acceptors (Lipinski definition) is 3. The van der Waals surface area contributed by atoms with E-state index < -0.39 is 6.09 Å². The lowest BCUT2D eigenvalue weighted by atomic mass is 9.98. The molecule has 1 N–H and O–H groups in total. The minimum Gasteiger partial charge on any atom is -0.451 e. The Morgan fingerprint density at radius 1 is 1.04 bits per heavy atom. The van der Waals surface area contributed by atoms with E-state index in [1.54, 1.807) is 0 Å². The van der Waals surface area contributed by atoms with Crippen molar-refractivity contribution in [2.45, 2.75) is 5.92 Å². The van der Waals surface area contributed by atoms with E-state index >= 15 is 0 Å². The maximum atomic E-state index is 12.0. The Bertz CT molecular complexity index is 947. The molecule has 1 aliphatic carbocycles. The second-order valence-corrected chi connectivity index (χ2v) is 7.31. The first kappa shape index (κ1) is 17.9. The highest BCUT2D eigenvalue weighted by atomic mass is 127. The minimum absolute atomic E-state index is 0.0730. The number of rotatable bonds is 5. The predicted molar refractivity (Wildman–Crippen MR) is 114 cm³/mol. The molecule has 1 amide bonds. The number of hydrogen-bond donors (Lipinski definition) is 1. The summed E-state index contributed by atoms with van der Waals surface area (Å²) in [5, 5.41) is 2.74. The number of amides is 1. The number of carbonyl (C=O) groups is 1. The van der Waals surface area contributed by atoms with Crippen LogP contribution in [0.2, 0.25) is 0 Å². The monoisotopic (exact) mass is 471 g/mol. The molecular weight excluding hydrogens is 453 g/mol. The Morgan fingerprint density at radius 3 is 2.33 bits per heavy atom. The van der Waals surface area contributed by atoms with Gasteiger partial charge in [0.05, 0.1) is 0 Å². The van der Waals surface area contributed by atoms with Crippen LogP contribution in [0.4, 0.5) is 4.79 Å². The lowest BCUT2D eigenvalue weighted by Crippen LogP contribution is -2.26. The van der Waals surface area contributed by atoms with Gasteiger partial charge >= 0.3 is 6.09 Å². The molecule has 0 bridgehead atoms. The lowest BCUT2D eigenvalue weighted by Gasteiger charge is -2.14. The summed E-state index contributed by atoms with van der Waals surface area (Å²) in [5.74, 6) is 0.831. The van der Waals surface area contributed by atoms with E-state index in [1.807, 2.05) is 48.6 Å². The van der Waals surface area contributed by atoms with E-state index in [0.717, 1.165) is 9.53 Å². The van der Waals surface area contributed by atoms with Gasteiger partial charge in [-0.3, -0.25) is 0 Å². The molecule has 0 unspecified atom stereocenters. The SMILES string of the molecule is O=C(NCC=Cc1ccc(I)o1)OCC1c2ccccc2-c2ccccc21. The smallest absolute Gasteiger partial charge is 0.407 e. The number of nitrogens with one attached hydrogen (secondary N) is 1. The zero-order valence-electron chi connectivity index (χ0n) is 14.5. The Hall–Kier alpha value is -2.54. The van der Waals surface area contributed by atoms with Gasteiger partial charge in [-0.15, -0.1) is 0 Å². The van der Waals surface area contributed by atoms with E-state index in [0.29, 0.717) is 13.2 Å². The second kappa shape index (κ2) is 8.00. The standard InChI is InChI=1S/C22H18INO3/c23-21-12-11-15(27-21)6-5-13-24-22(25)26-14-20-18-9-3-1-7-16(18)17-8-2-4-10-19(17)20/h1-12,20H,13-14H2,(H,24,25). The average Bonchev–Trinajstić information content (AvgIpc) is 3.25. The fourth-order valence-corrected chi connectivity index (χ4v) is 3.82. The van der Waals surface area contributed by atoms with Crippen LogP contribution in [0.3, 0.4) is 0 Å². The van der Waals surface area contributed by atoms with E-state index in [1.165, 1.54) is 22.3 Å². The highest BCUT2D eigenvalue weighted by Gasteiger charge is 2.28. The third-order valence-corrected chi connectivity index (χ3v) is 5.16. The predicted octanol–water partition coefficient (Wildman–Crippen LogP) is 5.44. The van der Waals surface area contributed by atoms with Gasteiger partial charge in [-0.05, 0) is 63.1 Å². The maximum Gasteiger partial charge on any atom is 0.407 e. The van der Waals surface area contributed by atoms with E-state index in [-0.39, 0.29) is 5.92 Å². The van der Waals surface area contributed by atoms with Crippen LogP contribution in [0, 0.1) is 3.77 Å². The van der Waals surface area contributed by atoms with Crippen molar-refractivity contribution in [3.05, 3.63) is 87.4 Å². The number of carbonyl (C=O) groups excluding carboxylic acids is 1. The zero-order chi connectivity index (χ0) is 18.6.